The van der Waals surface area contributed by atoms with Crippen molar-refractivity contribution in [1.82, 2.24) is 9.80 Å². The largest absolute Gasteiger partial charge is 0.484 e. The van der Waals surface area contributed by atoms with Gasteiger partial charge >= 0.3 is 5.97 Å². The predicted octanol–water partition coefficient (Wildman–Crippen LogP) is 1.97. The van der Waals surface area contributed by atoms with Crippen LogP contribution in [-0.2, 0) is 14.4 Å². The van der Waals surface area contributed by atoms with E-state index in [0.29, 0.717) is 31.1 Å². The highest BCUT2D eigenvalue weighted by atomic mass is 16.5. The van der Waals surface area contributed by atoms with Crippen molar-refractivity contribution in [2.24, 2.45) is 5.92 Å². The first-order valence-corrected chi connectivity index (χ1v) is 9.25. The van der Waals surface area contributed by atoms with Crippen molar-refractivity contribution in [2.45, 2.75) is 32.6 Å². The molecule has 1 unspecified atom stereocenters. The minimum atomic E-state index is -0.881. The fourth-order valence-electron chi connectivity index (χ4n) is 3.00. The average molecular weight is 376 g/mol. The monoisotopic (exact) mass is 376 g/mol. The number of likely N-dealkylation sites (tertiary alicyclic amines) is 1. The Hall–Kier alpha value is -2.57. The van der Waals surface area contributed by atoms with Gasteiger partial charge in [-0.1, -0.05) is 26.0 Å². The van der Waals surface area contributed by atoms with Gasteiger partial charge in [-0.05, 0) is 36.5 Å². The molecule has 0 spiro atoms. The van der Waals surface area contributed by atoms with E-state index in [1.807, 2.05) is 24.3 Å². The number of carbonyl (C=O) groups excluding carboxylic acids is 2. The lowest BCUT2D eigenvalue weighted by atomic mass is 9.98. The molecule has 1 aliphatic heterocycles. The summed E-state index contributed by atoms with van der Waals surface area (Å²) in [7, 11) is 1.55. The van der Waals surface area contributed by atoms with E-state index in [9.17, 15) is 14.4 Å². The summed E-state index contributed by atoms with van der Waals surface area (Å²) in [5, 5.41) is 9.11. The Morgan fingerprint density at radius 1 is 1.26 bits per heavy atom. The molecule has 1 aromatic rings. The second kappa shape index (κ2) is 9.39. The number of carboxylic acid groups (broad SMARTS) is 1. The van der Waals surface area contributed by atoms with Crippen LogP contribution < -0.4 is 4.74 Å². The molecule has 1 saturated heterocycles. The van der Waals surface area contributed by atoms with E-state index in [0.717, 1.165) is 0 Å². The van der Waals surface area contributed by atoms with E-state index in [1.54, 1.807) is 7.05 Å². The number of rotatable bonds is 7. The maximum absolute atomic E-state index is 12.4. The molecule has 1 heterocycles. The quantitative estimate of drug-likeness (QED) is 0.786. The zero-order valence-electron chi connectivity index (χ0n) is 16.2. The number of hydrogen-bond donors (Lipinski definition) is 1. The number of ether oxygens (including phenoxy) is 1. The summed E-state index contributed by atoms with van der Waals surface area (Å²) in [5.74, 6) is -0.919. The molecule has 1 atom stereocenters. The van der Waals surface area contributed by atoms with Gasteiger partial charge in [0, 0.05) is 20.1 Å². The molecule has 2 rings (SSSR count). The number of amides is 2. The van der Waals surface area contributed by atoms with Crippen molar-refractivity contribution >= 4 is 17.8 Å². The van der Waals surface area contributed by atoms with E-state index in [-0.39, 0.29) is 31.5 Å². The first kappa shape index (κ1) is 20.7. The third kappa shape index (κ3) is 5.98. The standard InChI is InChI=1S/C20H28N2O5/c1-14(2)15-6-8-17(9-7-15)27-13-19(24)21(3)12-18(23)22-10-4-5-16(11-22)20(25)26/h6-9,14,16H,4-5,10-13H2,1-3H3,(H,25,26). The number of aliphatic carboxylic acids is 1. The summed E-state index contributed by atoms with van der Waals surface area (Å²) < 4.78 is 5.51. The van der Waals surface area contributed by atoms with E-state index in [1.165, 1.54) is 15.4 Å². The van der Waals surface area contributed by atoms with Crippen LogP contribution in [-0.4, -0.2) is 66.0 Å². The summed E-state index contributed by atoms with van der Waals surface area (Å²) in [6.45, 7) is 4.71. The van der Waals surface area contributed by atoms with Crippen molar-refractivity contribution < 1.29 is 24.2 Å². The Balaban J connectivity index is 1.80. The maximum atomic E-state index is 12.4. The molecule has 1 N–H and O–H groups in total. The lowest BCUT2D eigenvalue weighted by Gasteiger charge is -2.32. The van der Waals surface area contributed by atoms with Crippen LogP contribution in [0, 0.1) is 5.92 Å². The molecule has 1 aromatic carbocycles. The average Bonchev–Trinajstić information content (AvgIpc) is 2.66. The minimum absolute atomic E-state index is 0.0825. The molecule has 0 saturated carbocycles. The normalized spacial score (nSPS) is 16.9. The Labute approximate surface area is 159 Å². The number of likely N-dealkylation sites (N-methyl/N-ethyl adjacent to an activating group) is 1. The van der Waals surface area contributed by atoms with Crippen LogP contribution in [0.2, 0.25) is 0 Å². The second-order valence-electron chi connectivity index (χ2n) is 7.28. The van der Waals surface area contributed by atoms with Gasteiger partial charge in [-0.3, -0.25) is 14.4 Å². The molecule has 7 nitrogen and oxygen atoms in total. The number of carbonyl (C=O) groups is 3. The highest BCUT2D eigenvalue weighted by molar-refractivity contribution is 5.85. The SMILES string of the molecule is CC(C)c1ccc(OCC(=O)N(C)CC(=O)N2CCCC(C(=O)O)C2)cc1. The van der Waals surface area contributed by atoms with Gasteiger partial charge in [0.25, 0.3) is 5.91 Å². The first-order chi connectivity index (χ1) is 12.8. The number of hydrogen-bond acceptors (Lipinski definition) is 4. The smallest absolute Gasteiger partial charge is 0.308 e. The Bertz CT molecular complexity index is 671. The third-order valence-electron chi connectivity index (χ3n) is 4.83. The van der Waals surface area contributed by atoms with E-state index in [2.05, 4.69) is 13.8 Å². The molecule has 7 heteroatoms. The topological polar surface area (TPSA) is 87.2 Å². The molecule has 0 aromatic heterocycles. The summed E-state index contributed by atoms with van der Waals surface area (Å²) >= 11 is 0. The minimum Gasteiger partial charge on any atom is -0.484 e. The number of carboxylic acids is 1. The highest BCUT2D eigenvalue weighted by Crippen LogP contribution is 2.19. The zero-order valence-corrected chi connectivity index (χ0v) is 16.2. The third-order valence-corrected chi connectivity index (χ3v) is 4.83. The van der Waals surface area contributed by atoms with Crippen molar-refractivity contribution in [3.05, 3.63) is 29.8 Å². The first-order valence-electron chi connectivity index (χ1n) is 9.25. The number of nitrogens with zero attached hydrogens (tertiary/aromatic N) is 2. The van der Waals surface area contributed by atoms with Crippen LogP contribution in [0.15, 0.2) is 24.3 Å². The summed E-state index contributed by atoms with van der Waals surface area (Å²) in [6.07, 6.45) is 1.24. The van der Waals surface area contributed by atoms with Gasteiger partial charge in [-0.2, -0.15) is 0 Å². The molecule has 0 bridgehead atoms. The van der Waals surface area contributed by atoms with Gasteiger partial charge in [-0.25, -0.2) is 0 Å². The molecule has 1 aliphatic rings. The Morgan fingerprint density at radius 3 is 2.52 bits per heavy atom. The van der Waals surface area contributed by atoms with E-state index < -0.39 is 11.9 Å². The zero-order chi connectivity index (χ0) is 20.0. The van der Waals surface area contributed by atoms with Crippen LogP contribution in [0.25, 0.3) is 0 Å². The van der Waals surface area contributed by atoms with Gasteiger partial charge in [0.2, 0.25) is 5.91 Å². The summed E-state index contributed by atoms with van der Waals surface area (Å²) in [4.78, 5) is 38.5. The van der Waals surface area contributed by atoms with Crippen molar-refractivity contribution in [2.75, 3.05) is 33.3 Å². The Kier molecular flexibility index (Phi) is 7.21. The molecular weight excluding hydrogens is 348 g/mol. The molecule has 0 radical (unpaired) electrons. The number of benzene rings is 1. The second-order valence-corrected chi connectivity index (χ2v) is 7.28. The van der Waals surface area contributed by atoms with Gasteiger partial charge in [-0.15, -0.1) is 0 Å². The van der Waals surface area contributed by atoms with Crippen molar-refractivity contribution in [1.29, 1.82) is 0 Å². The van der Waals surface area contributed by atoms with Crippen molar-refractivity contribution in [3.8, 4) is 5.75 Å². The summed E-state index contributed by atoms with van der Waals surface area (Å²) in [5.41, 5.74) is 1.19. The van der Waals surface area contributed by atoms with Crippen LogP contribution in [0.5, 0.6) is 5.75 Å². The van der Waals surface area contributed by atoms with Crippen LogP contribution >= 0.6 is 0 Å². The lowest BCUT2D eigenvalue weighted by molar-refractivity contribution is -0.147. The van der Waals surface area contributed by atoms with Gasteiger partial charge < -0.3 is 19.6 Å². The van der Waals surface area contributed by atoms with Gasteiger partial charge in [0.05, 0.1) is 12.5 Å². The summed E-state index contributed by atoms with van der Waals surface area (Å²) in [6, 6.07) is 7.58. The molecule has 0 aliphatic carbocycles. The van der Waals surface area contributed by atoms with E-state index >= 15 is 0 Å². The Morgan fingerprint density at radius 2 is 1.93 bits per heavy atom. The molecule has 1 fully saturated rings. The van der Waals surface area contributed by atoms with Gasteiger partial charge in [0.1, 0.15) is 5.75 Å². The number of piperidine rings is 1. The van der Waals surface area contributed by atoms with Crippen LogP contribution in [0.4, 0.5) is 0 Å². The molecule has 148 valence electrons. The predicted molar refractivity (Wildman–Crippen MR) is 101 cm³/mol. The lowest BCUT2D eigenvalue weighted by Crippen LogP contribution is -2.47. The van der Waals surface area contributed by atoms with Gasteiger partial charge in [0.15, 0.2) is 6.61 Å². The van der Waals surface area contributed by atoms with Crippen molar-refractivity contribution in [3.63, 3.8) is 0 Å². The van der Waals surface area contributed by atoms with Crippen LogP contribution in [0.3, 0.4) is 0 Å². The van der Waals surface area contributed by atoms with Crippen LogP contribution in [0.1, 0.15) is 38.2 Å². The highest BCUT2D eigenvalue weighted by Gasteiger charge is 2.29. The molecule has 27 heavy (non-hydrogen) atoms. The fourth-order valence-corrected chi connectivity index (χ4v) is 3.00. The molecule has 2 amide bonds. The molecular formula is C20H28N2O5. The fraction of sp³-hybridized carbons (Fsp3) is 0.550. The maximum Gasteiger partial charge on any atom is 0.308 e. The van der Waals surface area contributed by atoms with E-state index in [4.69, 9.17) is 9.84 Å².